The van der Waals surface area contributed by atoms with Crippen molar-refractivity contribution in [3.05, 3.63) is 29.8 Å². The zero-order chi connectivity index (χ0) is 14.7. The van der Waals surface area contributed by atoms with Gasteiger partial charge in [-0.05, 0) is 30.9 Å². The standard InChI is InChI=1S/C17H22ClNO2/c18-11-3-6-16(20)19-12-9-17(10-13-19)8-7-14-4-1-2-5-15(14)21-17/h1-2,4-5H,3,6-13H2. The number of hydrogen-bond donors (Lipinski definition) is 0. The summed E-state index contributed by atoms with van der Waals surface area (Å²) >= 11 is 5.66. The van der Waals surface area contributed by atoms with E-state index in [9.17, 15) is 4.79 Å². The molecule has 4 heteroatoms. The van der Waals surface area contributed by atoms with E-state index in [0.717, 1.165) is 50.9 Å². The third-order valence-corrected chi connectivity index (χ3v) is 4.97. The Morgan fingerprint density at radius 3 is 2.76 bits per heavy atom. The minimum atomic E-state index is -0.0579. The number of nitrogens with zero attached hydrogens (tertiary/aromatic N) is 1. The molecule has 0 aliphatic carbocycles. The Kier molecular flexibility index (Phi) is 4.39. The van der Waals surface area contributed by atoms with Crippen LogP contribution in [0.15, 0.2) is 24.3 Å². The van der Waals surface area contributed by atoms with Crippen LogP contribution in [0.2, 0.25) is 0 Å². The molecule has 0 N–H and O–H groups in total. The lowest BCUT2D eigenvalue weighted by Gasteiger charge is -2.44. The molecule has 0 unspecified atom stereocenters. The summed E-state index contributed by atoms with van der Waals surface area (Å²) in [7, 11) is 0. The van der Waals surface area contributed by atoms with Crippen LogP contribution in [-0.4, -0.2) is 35.4 Å². The van der Waals surface area contributed by atoms with Gasteiger partial charge in [-0.25, -0.2) is 0 Å². The van der Waals surface area contributed by atoms with Gasteiger partial charge in [-0.2, -0.15) is 0 Å². The van der Waals surface area contributed by atoms with Crippen LogP contribution in [0.25, 0.3) is 0 Å². The number of piperidine rings is 1. The van der Waals surface area contributed by atoms with Crippen LogP contribution >= 0.6 is 11.6 Å². The van der Waals surface area contributed by atoms with Gasteiger partial charge in [-0.3, -0.25) is 4.79 Å². The molecule has 3 rings (SSSR count). The normalized spacial score (nSPS) is 20.0. The van der Waals surface area contributed by atoms with E-state index >= 15 is 0 Å². The summed E-state index contributed by atoms with van der Waals surface area (Å²) in [5.74, 6) is 1.83. The number of alkyl halides is 1. The number of amides is 1. The molecule has 2 aliphatic rings. The second-order valence-corrected chi connectivity index (χ2v) is 6.44. The molecule has 0 aromatic heterocycles. The molecule has 1 fully saturated rings. The predicted octanol–water partition coefficient (Wildman–Crippen LogP) is 3.39. The van der Waals surface area contributed by atoms with Crippen molar-refractivity contribution in [1.82, 2.24) is 4.90 Å². The minimum absolute atomic E-state index is 0.0579. The van der Waals surface area contributed by atoms with Gasteiger partial charge in [0, 0.05) is 38.2 Å². The third-order valence-electron chi connectivity index (χ3n) is 4.70. The van der Waals surface area contributed by atoms with E-state index in [-0.39, 0.29) is 11.5 Å². The Morgan fingerprint density at radius 1 is 1.24 bits per heavy atom. The maximum atomic E-state index is 12.1. The van der Waals surface area contributed by atoms with E-state index in [0.29, 0.717) is 12.3 Å². The van der Waals surface area contributed by atoms with Crippen molar-refractivity contribution in [3.8, 4) is 5.75 Å². The van der Waals surface area contributed by atoms with E-state index in [2.05, 4.69) is 18.2 Å². The summed E-state index contributed by atoms with van der Waals surface area (Å²) in [6, 6.07) is 8.31. The summed E-state index contributed by atoms with van der Waals surface area (Å²) in [5, 5.41) is 0. The number of halogens is 1. The van der Waals surface area contributed by atoms with E-state index in [1.165, 1.54) is 5.56 Å². The monoisotopic (exact) mass is 307 g/mol. The molecule has 3 nitrogen and oxygen atoms in total. The van der Waals surface area contributed by atoms with Gasteiger partial charge >= 0.3 is 0 Å². The van der Waals surface area contributed by atoms with Crippen LogP contribution in [-0.2, 0) is 11.2 Å². The van der Waals surface area contributed by atoms with Crippen molar-refractivity contribution in [3.63, 3.8) is 0 Å². The quantitative estimate of drug-likeness (QED) is 0.801. The fraction of sp³-hybridized carbons (Fsp3) is 0.588. The molecular formula is C17H22ClNO2. The van der Waals surface area contributed by atoms with Gasteiger partial charge in [0.25, 0.3) is 0 Å². The van der Waals surface area contributed by atoms with E-state index in [1.54, 1.807) is 0 Å². The van der Waals surface area contributed by atoms with Crippen molar-refractivity contribution in [2.24, 2.45) is 0 Å². The van der Waals surface area contributed by atoms with Gasteiger partial charge in [0.1, 0.15) is 11.4 Å². The maximum absolute atomic E-state index is 12.1. The molecule has 0 atom stereocenters. The first-order chi connectivity index (χ1) is 10.2. The molecular weight excluding hydrogens is 286 g/mol. The van der Waals surface area contributed by atoms with Gasteiger partial charge in [0.2, 0.25) is 5.91 Å². The molecule has 0 saturated carbocycles. The van der Waals surface area contributed by atoms with Gasteiger partial charge in [-0.1, -0.05) is 18.2 Å². The van der Waals surface area contributed by atoms with E-state index < -0.39 is 0 Å². The van der Waals surface area contributed by atoms with Crippen LogP contribution in [0, 0.1) is 0 Å². The number of rotatable bonds is 3. The lowest BCUT2D eigenvalue weighted by atomic mass is 9.83. The average Bonchev–Trinajstić information content (AvgIpc) is 2.53. The van der Waals surface area contributed by atoms with E-state index in [1.807, 2.05) is 11.0 Å². The van der Waals surface area contributed by atoms with Crippen molar-refractivity contribution in [1.29, 1.82) is 0 Å². The lowest BCUT2D eigenvalue weighted by Crippen LogP contribution is -2.51. The number of aryl methyl sites for hydroxylation is 1. The number of likely N-dealkylation sites (tertiary alicyclic amines) is 1. The smallest absolute Gasteiger partial charge is 0.222 e. The molecule has 2 aliphatic heterocycles. The van der Waals surface area contributed by atoms with E-state index in [4.69, 9.17) is 16.3 Å². The topological polar surface area (TPSA) is 29.5 Å². The Labute approximate surface area is 131 Å². The number of para-hydroxylation sites is 1. The number of carbonyl (C=O) groups excluding carboxylic acids is 1. The zero-order valence-electron chi connectivity index (χ0n) is 12.3. The SMILES string of the molecule is O=C(CCCCl)N1CCC2(CCc3ccccc3O2)CC1. The number of benzene rings is 1. The zero-order valence-corrected chi connectivity index (χ0v) is 13.1. The molecule has 1 aromatic carbocycles. The van der Waals surface area contributed by atoms with Crippen molar-refractivity contribution in [2.45, 2.75) is 44.1 Å². The molecule has 114 valence electrons. The fourth-order valence-electron chi connectivity index (χ4n) is 3.35. The van der Waals surface area contributed by atoms with Crippen LogP contribution in [0.5, 0.6) is 5.75 Å². The second-order valence-electron chi connectivity index (χ2n) is 6.07. The van der Waals surface area contributed by atoms with Crippen molar-refractivity contribution in [2.75, 3.05) is 19.0 Å². The molecule has 1 aromatic rings. The van der Waals surface area contributed by atoms with Crippen LogP contribution < -0.4 is 4.74 Å². The molecule has 2 heterocycles. The van der Waals surface area contributed by atoms with Gasteiger partial charge in [0.15, 0.2) is 0 Å². The highest BCUT2D eigenvalue weighted by Crippen LogP contribution is 2.39. The molecule has 0 bridgehead atoms. The number of carbonyl (C=O) groups is 1. The summed E-state index contributed by atoms with van der Waals surface area (Å²) < 4.78 is 6.31. The Morgan fingerprint density at radius 2 is 2.00 bits per heavy atom. The average molecular weight is 308 g/mol. The molecule has 0 radical (unpaired) electrons. The molecule has 1 saturated heterocycles. The summed E-state index contributed by atoms with van der Waals surface area (Å²) in [5.41, 5.74) is 1.25. The first-order valence-electron chi connectivity index (χ1n) is 7.83. The van der Waals surface area contributed by atoms with Crippen LogP contribution in [0.1, 0.15) is 37.7 Å². The number of fused-ring (bicyclic) bond motifs is 1. The summed E-state index contributed by atoms with van der Waals surface area (Å²) in [6.07, 6.45) is 5.36. The Hall–Kier alpha value is -1.22. The van der Waals surface area contributed by atoms with Gasteiger partial charge in [-0.15, -0.1) is 11.6 Å². The Bertz CT molecular complexity index is 509. The predicted molar refractivity (Wildman–Crippen MR) is 83.9 cm³/mol. The largest absolute Gasteiger partial charge is 0.487 e. The third kappa shape index (κ3) is 3.18. The number of hydrogen-bond acceptors (Lipinski definition) is 2. The van der Waals surface area contributed by atoms with Gasteiger partial charge in [0.05, 0.1) is 0 Å². The molecule has 1 spiro atoms. The lowest BCUT2D eigenvalue weighted by molar-refractivity contribution is -0.135. The van der Waals surface area contributed by atoms with Gasteiger partial charge < -0.3 is 9.64 Å². The highest BCUT2D eigenvalue weighted by Gasteiger charge is 2.40. The first-order valence-corrected chi connectivity index (χ1v) is 8.37. The van der Waals surface area contributed by atoms with Crippen LogP contribution in [0.3, 0.4) is 0 Å². The summed E-state index contributed by atoms with van der Waals surface area (Å²) in [4.78, 5) is 14.0. The highest BCUT2D eigenvalue weighted by molar-refractivity contribution is 6.17. The van der Waals surface area contributed by atoms with Crippen molar-refractivity contribution < 1.29 is 9.53 Å². The minimum Gasteiger partial charge on any atom is -0.487 e. The maximum Gasteiger partial charge on any atom is 0.222 e. The molecule has 1 amide bonds. The highest BCUT2D eigenvalue weighted by atomic mass is 35.5. The van der Waals surface area contributed by atoms with Crippen LogP contribution in [0.4, 0.5) is 0 Å². The Balaban J connectivity index is 1.60. The fourth-order valence-corrected chi connectivity index (χ4v) is 3.48. The molecule has 21 heavy (non-hydrogen) atoms. The number of ether oxygens (including phenoxy) is 1. The second kappa shape index (κ2) is 6.27. The summed E-state index contributed by atoms with van der Waals surface area (Å²) in [6.45, 7) is 1.62. The van der Waals surface area contributed by atoms with Crippen molar-refractivity contribution >= 4 is 17.5 Å². The first kappa shape index (κ1) is 14.7.